The van der Waals surface area contributed by atoms with Gasteiger partial charge < -0.3 is 14.8 Å². The number of ether oxygens (including phenoxy) is 2. The van der Waals surface area contributed by atoms with Crippen molar-refractivity contribution in [1.82, 2.24) is 15.1 Å². The minimum absolute atomic E-state index is 0.0629. The molecule has 1 fully saturated rings. The molecule has 0 saturated heterocycles. The van der Waals surface area contributed by atoms with Crippen LogP contribution < -0.4 is 15.5 Å². The van der Waals surface area contributed by atoms with Crippen LogP contribution in [0.15, 0.2) is 58.7 Å². The molecule has 3 rings (SSSR count). The van der Waals surface area contributed by atoms with Crippen LogP contribution in [-0.2, 0) is 17.9 Å². The topological polar surface area (TPSA) is 94.8 Å². The molecular weight excluding hydrogens is 420 g/mol. The number of aliphatic imine (C=N–C) groups is 1. The van der Waals surface area contributed by atoms with Gasteiger partial charge in [0.15, 0.2) is 5.75 Å². The number of rotatable bonds is 11. The first kappa shape index (κ1) is 24.2. The number of aromatic nitrogens is 2. The summed E-state index contributed by atoms with van der Waals surface area (Å²) in [5, 5.41) is 7.78. The van der Waals surface area contributed by atoms with E-state index >= 15 is 0 Å². The van der Waals surface area contributed by atoms with Gasteiger partial charge in [-0.25, -0.2) is 9.79 Å². The molecule has 8 nitrogen and oxygen atoms in total. The van der Waals surface area contributed by atoms with E-state index in [9.17, 15) is 9.59 Å². The van der Waals surface area contributed by atoms with E-state index in [1.165, 1.54) is 0 Å². The maximum atomic E-state index is 12.9. The fraction of sp³-hybridized carbons (Fsp3) is 0.440. The maximum absolute atomic E-state index is 12.9. The summed E-state index contributed by atoms with van der Waals surface area (Å²) in [6.07, 6.45) is 8.10. The summed E-state index contributed by atoms with van der Waals surface area (Å²) in [6.45, 7) is 8.50. The highest BCUT2D eigenvalue weighted by molar-refractivity contribution is 5.87. The van der Waals surface area contributed by atoms with Gasteiger partial charge in [-0.3, -0.25) is 9.48 Å². The molecule has 1 heterocycles. The van der Waals surface area contributed by atoms with Crippen molar-refractivity contribution in [3.63, 3.8) is 0 Å². The smallest absolute Gasteiger partial charge is 0.363 e. The van der Waals surface area contributed by atoms with Crippen LogP contribution in [0.3, 0.4) is 0 Å². The minimum atomic E-state index is -0.758. The number of carbonyl (C=O) groups is 1. The molecule has 1 aromatic heterocycles. The lowest BCUT2D eigenvalue weighted by Gasteiger charge is -2.32. The molecule has 0 atom stereocenters. The first-order chi connectivity index (χ1) is 16.0. The van der Waals surface area contributed by atoms with Gasteiger partial charge in [-0.2, -0.15) is 5.10 Å². The van der Waals surface area contributed by atoms with Crippen molar-refractivity contribution in [2.75, 3.05) is 6.61 Å². The van der Waals surface area contributed by atoms with E-state index in [4.69, 9.17) is 9.47 Å². The van der Waals surface area contributed by atoms with Gasteiger partial charge in [0.2, 0.25) is 5.69 Å². The lowest BCUT2D eigenvalue weighted by Crippen LogP contribution is -2.46. The largest absolute Gasteiger partial charge is 0.483 e. The minimum Gasteiger partial charge on any atom is -0.483 e. The monoisotopic (exact) mass is 452 g/mol. The fourth-order valence-corrected chi connectivity index (χ4v) is 3.99. The summed E-state index contributed by atoms with van der Waals surface area (Å²) in [4.78, 5) is 29.7. The Kier molecular flexibility index (Phi) is 8.40. The van der Waals surface area contributed by atoms with Gasteiger partial charge in [-0.1, -0.05) is 56.7 Å². The fourth-order valence-electron chi connectivity index (χ4n) is 3.99. The zero-order chi connectivity index (χ0) is 23.7. The maximum Gasteiger partial charge on any atom is 0.363 e. The van der Waals surface area contributed by atoms with Gasteiger partial charge in [0.25, 0.3) is 5.43 Å². The van der Waals surface area contributed by atoms with E-state index < -0.39 is 11.4 Å². The van der Waals surface area contributed by atoms with Crippen LogP contribution in [-0.4, -0.2) is 34.1 Å². The van der Waals surface area contributed by atoms with E-state index in [2.05, 4.69) is 22.0 Å². The average Bonchev–Trinajstić information content (AvgIpc) is 3.26. The predicted octanol–water partition coefficient (Wildman–Crippen LogP) is 3.85. The Morgan fingerprint density at radius 3 is 2.67 bits per heavy atom. The second-order valence-electron chi connectivity index (χ2n) is 8.14. The number of nitrogens with one attached hydrogen (secondary N) is 1. The standard InChI is InChI=1S/C25H32N4O4/c1-4-15-26-19(3)27-25(13-9-10-14-25)18-29-16-21(33-17-20-11-7-6-8-12-20)23(30)22(28-29)24(31)32-5-2/h6-8,11-12,15-16,27H,3-5,9-10,13-14,17-18H2,1-2H3. The molecule has 0 aliphatic heterocycles. The van der Waals surface area contributed by atoms with Crippen LogP contribution in [0.4, 0.5) is 0 Å². The van der Waals surface area contributed by atoms with Crippen LogP contribution in [0.5, 0.6) is 5.75 Å². The van der Waals surface area contributed by atoms with Crippen LogP contribution in [0.1, 0.15) is 62.0 Å². The summed E-state index contributed by atoms with van der Waals surface area (Å²) in [5.74, 6) is -0.106. The van der Waals surface area contributed by atoms with Crippen LogP contribution in [0, 0.1) is 0 Å². The Hall–Kier alpha value is -3.42. The van der Waals surface area contributed by atoms with Crippen LogP contribution in [0.2, 0.25) is 0 Å². The van der Waals surface area contributed by atoms with E-state index in [0.717, 1.165) is 37.7 Å². The summed E-state index contributed by atoms with van der Waals surface area (Å²) < 4.78 is 12.5. The Morgan fingerprint density at radius 1 is 1.27 bits per heavy atom. The molecule has 1 saturated carbocycles. The molecule has 0 bridgehead atoms. The highest BCUT2D eigenvalue weighted by Gasteiger charge is 2.35. The third-order valence-electron chi connectivity index (χ3n) is 5.50. The molecule has 33 heavy (non-hydrogen) atoms. The third-order valence-corrected chi connectivity index (χ3v) is 5.50. The molecule has 2 aromatic rings. The second kappa shape index (κ2) is 11.4. The molecule has 176 valence electrons. The van der Waals surface area contributed by atoms with Crippen molar-refractivity contribution in [2.45, 2.75) is 64.6 Å². The Labute approximate surface area is 194 Å². The van der Waals surface area contributed by atoms with Crippen molar-refractivity contribution in [3.8, 4) is 5.75 Å². The quantitative estimate of drug-likeness (QED) is 0.411. The SMILES string of the molecule is C=C(N=CCC)NC1(Cn2cc(OCc3ccccc3)c(=O)c(C(=O)OCC)n2)CCCC1. The Morgan fingerprint density at radius 2 is 2.00 bits per heavy atom. The van der Waals surface area contributed by atoms with Crippen LogP contribution >= 0.6 is 0 Å². The van der Waals surface area contributed by atoms with Crippen molar-refractivity contribution in [2.24, 2.45) is 4.99 Å². The summed E-state index contributed by atoms with van der Waals surface area (Å²) in [6, 6.07) is 9.53. The highest BCUT2D eigenvalue weighted by atomic mass is 16.5. The van der Waals surface area contributed by atoms with Crippen molar-refractivity contribution in [3.05, 3.63) is 70.4 Å². The van der Waals surface area contributed by atoms with Gasteiger partial charge in [-0.15, -0.1) is 0 Å². The molecule has 0 spiro atoms. The number of benzene rings is 1. The first-order valence-electron chi connectivity index (χ1n) is 11.4. The molecule has 8 heteroatoms. The molecule has 0 unspecified atom stereocenters. The predicted molar refractivity (Wildman–Crippen MR) is 127 cm³/mol. The van der Waals surface area contributed by atoms with Crippen LogP contribution in [0.25, 0.3) is 0 Å². The number of esters is 1. The Balaban J connectivity index is 1.91. The van der Waals surface area contributed by atoms with Crippen molar-refractivity contribution in [1.29, 1.82) is 0 Å². The van der Waals surface area contributed by atoms with Gasteiger partial charge in [0.05, 0.1) is 24.9 Å². The molecular formula is C25H32N4O4. The van der Waals surface area contributed by atoms with Crippen molar-refractivity contribution < 1.29 is 14.3 Å². The summed E-state index contributed by atoms with van der Waals surface area (Å²) >= 11 is 0. The summed E-state index contributed by atoms with van der Waals surface area (Å²) in [5.41, 5.74) is -0.270. The van der Waals surface area contributed by atoms with Gasteiger partial charge in [0.1, 0.15) is 12.4 Å². The van der Waals surface area contributed by atoms with E-state index in [1.54, 1.807) is 17.8 Å². The molecule has 1 N–H and O–H groups in total. The number of carbonyl (C=O) groups excluding carboxylic acids is 1. The highest BCUT2D eigenvalue weighted by Crippen LogP contribution is 2.32. The molecule has 0 amide bonds. The number of nitrogens with zero attached hydrogens (tertiary/aromatic N) is 3. The number of hydrogen-bond acceptors (Lipinski definition) is 7. The van der Waals surface area contributed by atoms with Crippen molar-refractivity contribution >= 4 is 12.2 Å². The molecule has 1 aromatic carbocycles. The Bertz CT molecular complexity index is 1040. The summed E-state index contributed by atoms with van der Waals surface area (Å²) in [7, 11) is 0. The average molecular weight is 453 g/mol. The van der Waals surface area contributed by atoms with Gasteiger partial charge in [-0.05, 0) is 31.7 Å². The van der Waals surface area contributed by atoms with E-state index in [0.29, 0.717) is 12.4 Å². The lowest BCUT2D eigenvalue weighted by molar-refractivity contribution is 0.0512. The normalized spacial score (nSPS) is 14.8. The van der Waals surface area contributed by atoms with Gasteiger partial charge >= 0.3 is 5.97 Å². The molecule has 0 radical (unpaired) electrons. The zero-order valence-electron chi connectivity index (χ0n) is 19.4. The molecule has 1 aliphatic rings. The zero-order valence-corrected chi connectivity index (χ0v) is 19.4. The van der Waals surface area contributed by atoms with E-state index in [1.807, 2.05) is 43.5 Å². The first-order valence-corrected chi connectivity index (χ1v) is 11.4. The lowest BCUT2D eigenvalue weighted by atomic mass is 9.97. The number of hydrogen-bond donors (Lipinski definition) is 1. The third kappa shape index (κ3) is 6.54. The van der Waals surface area contributed by atoms with Gasteiger partial charge in [0, 0.05) is 6.21 Å². The van der Waals surface area contributed by atoms with E-state index in [-0.39, 0.29) is 30.2 Å². The second-order valence-corrected chi connectivity index (χ2v) is 8.14. The molecule has 1 aliphatic carbocycles.